The van der Waals surface area contributed by atoms with Gasteiger partial charge in [0.2, 0.25) is 0 Å². The number of carbonyl (C=O) groups excluding carboxylic acids is 1. The van der Waals surface area contributed by atoms with Crippen molar-refractivity contribution < 1.29 is 4.79 Å². The Bertz CT molecular complexity index is 708. The Kier molecular flexibility index (Phi) is 4.58. The van der Waals surface area contributed by atoms with Crippen LogP contribution in [0.4, 0.5) is 11.4 Å². The summed E-state index contributed by atoms with van der Waals surface area (Å²) in [6.07, 6.45) is 2.86. The normalized spacial score (nSPS) is 13.6. The maximum Gasteiger partial charge on any atom is 0.255 e. The van der Waals surface area contributed by atoms with Gasteiger partial charge in [0.05, 0.1) is 12.5 Å². The van der Waals surface area contributed by atoms with Crippen molar-refractivity contribution in [1.29, 1.82) is 5.26 Å². The Hall–Kier alpha value is -2.80. The highest BCUT2D eigenvalue weighted by Gasteiger charge is 2.12. The maximum absolute atomic E-state index is 12.2. The summed E-state index contributed by atoms with van der Waals surface area (Å²) in [7, 11) is 0. The summed E-state index contributed by atoms with van der Waals surface area (Å²) in [5, 5.41) is 11.6. The molecule has 1 saturated heterocycles. The van der Waals surface area contributed by atoms with Crippen LogP contribution in [-0.2, 0) is 6.42 Å². The van der Waals surface area contributed by atoms with Gasteiger partial charge in [-0.1, -0.05) is 12.1 Å². The molecule has 1 aliphatic heterocycles. The van der Waals surface area contributed by atoms with E-state index in [1.807, 2.05) is 24.3 Å². The molecule has 1 N–H and O–H groups in total. The zero-order chi connectivity index (χ0) is 16.1. The fourth-order valence-corrected chi connectivity index (χ4v) is 2.80. The molecule has 0 atom stereocenters. The minimum atomic E-state index is -0.137. The van der Waals surface area contributed by atoms with E-state index in [-0.39, 0.29) is 5.91 Å². The quantitative estimate of drug-likeness (QED) is 0.939. The van der Waals surface area contributed by atoms with E-state index in [0.717, 1.165) is 24.3 Å². The summed E-state index contributed by atoms with van der Waals surface area (Å²) in [6.45, 7) is 2.22. The van der Waals surface area contributed by atoms with Crippen LogP contribution in [0.1, 0.15) is 28.8 Å². The molecular formula is C19H19N3O. The second-order valence-electron chi connectivity index (χ2n) is 5.73. The van der Waals surface area contributed by atoms with E-state index in [2.05, 4.69) is 28.4 Å². The number of anilines is 2. The van der Waals surface area contributed by atoms with Crippen molar-refractivity contribution in [3.63, 3.8) is 0 Å². The summed E-state index contributed by atoms with van der Waals surface area (Å²) < 4.78 is 0. The molecule has 23 heavy (non-hydrogen) atoms. The summed E-state index contributed by atoms with van der Waals surface area (Å²) in [5.41, 5.74) is 3.51. The van der Waals surface area contributed by atoms with E-state index in [4.69, 9.17) is 5.26 Å². The number of nitrogens with one attached hydrogen (secondary N) is 1. The minimum absolute atomic E-state index is 0.137. The van der Waals surface area contributed by atoms with Crippen LogP contribution in [0.2, 0.25) is 0 Å². The predicted octanol–water partition coefficient (Wildman–Crippen LogP) is 3.61. The van der Waals surface area contributed by atoms with Crippen molar-refractivity contribution in [3.8, 4) is 6.07 Å². The van der Waals surface area contributed by atoms with Gasteiger partial charge in [-0.25, -0.2) is 0 Å². The molecule has 0 unspecified atom stereocenters. The molecule has 0 aliphatic carbocycles. The average Bonchev–Trinajstić information content (AvgIpc) is 3.11. The molecule has 0 aromatic heterocycles. The standard InChI is InChI=1S/C19H19N3O/c20-12-11-15-3-5-16(6-4-15)19(23)21-17-7-9-18(10-8-17)22-13-1-2-14-22/h3-10H,1-2,11,13-14H2,(H,21,23). The fourth-order valence-electron chi connectivity index (χ4n) is 2.80. The third-order valence-electron chi connectivity index (χ3n) is 4.10. The Balaban J connectivity index is 1.64. The molecule has 2 aromatic rings. The summed E-state index contributed by atoms with van der Waals surface area (Å²) in [4.78, 5) is 14.6. The number of rotatable bonds is 4. The lowest BCUT2D eigenvalue weighted by Crippen LogP contribution is -2.17. The third kappa shape index (κ3) is 3.70. The zero-order valence-electron chi connectivity index (χ0n) is 13.0. The molecule has 0 radical (unpaired) electrons. The number of amides is 1. The molecule has 0 bridgehead atoms. The summed E-state index contributed by atoms with van der Waals surface area (Å²) >= 11 is 0. The number of hydrogen-bond donors (Lipinski definition) is 1. The van der Waals surface area contributed by atoms with Crippen molar-refractivity contribution in [2.75, 3.05) is 23.3 Å². The molecule has 2 aromatic carbocycles. The molecule has 4 heteroatoms. The second kappa shape index (κ2) is 6.97. The van der Waals surface area contributed by atoms with Crippen LogP contribution in [0.25, 0.3) is 0 Å². The maximum atomic E-state index is 12.2. The highest BCUT2D eigenvalue weighted by atomic mass is 16.1. The third-order valence-corrected chi connectivity index (χ3v) is 4.10. The average molecular weight is 305 g/mol. The molecule has 116 valence electrons. The van der Waals surface area contributed by atoms with Crippen molar-refractivity contribution >= 4 is 17.3 Å². The lowest BCUT2D eigenvalue weighted by Gasteiger charge is -2.17. The number of nitrogens with zero attached hydrogens (tertiary/aromatic N) is 2. The van der Waals surface area contributed by atoms with Gasteiger partial charge >= 0.3 is 0 Å². The first kappa shape index (κ1) is 15.1. The van der Waals surface area contributed by atoms with Crippen LogP contribution in [-0.4, -0.2) is 19.0 Å². The van der Waals surface area contributed by atoms with Gasteiger partial charge in [0.1, 0.15) is 0 Å². The molecule has 1 fully saturated rings. The summed E-state index contributed by atoms with van der Waals surface area (Å²) in [6, 6.07) is 17.2. The highest BCUT2D eigenvalue weighted by molar-refractivity contribution is 6.04. The smallest absolute Gasteiger partial charge is 0.255 e. The SMILES string of the molecule is N#CCc1ccc(C(=O)Nc2ccc(N3CCCC3)cc2)cc1. The van der Waals surface area contributed by atoms with Crippen LogP contribution < -0.4 is 10.2 Å². The molecule has 0 saturated carbocycles. The van der Waals surface area contributed by atoms with E-state index in [1.165, 1.54) is 18.5 Å². The van der Waals surface area contributed by atoms with Gasteiger partial charge in [-0.2, -0.15) is 5.26 Å². The van der Waals surface area contributed by atoms with Crippen molar-refractivity contribution in [1.82, 2.24) is 0 Å². The van der Waals surface area contributed by atoms with Gasteiger partial charge in [-0.3, -0.25) is 4.79 Å². The van der Waals surface area contributed by atoms with Crippen LogP contribution in [0.3, 0.4) is 0 Å². The van der Waals surface area contributed by atoms with Crippen molar-refractivity contribution in [3.05, 3.63) is 59.7 Å². The van der Waals surface area contributed by atoms with Crippen LogP contribution in [0.15, 0.2) is 48.5 Å². The lowest BCUT2D eigenvalue weighted by atomic mass is 10.1. The fraction of sp³-hybridized carbons (Fsp3) is 0.263. The molecule has 1 amide bonds. The number of hydrogen-bond acceptors (Lipinski definition) is 3. The molecule has 4 nitrogen and oxygen atoms in total. The Morgan fingerprint density at radius 3 is 2.30 bits per heavy atom. The second-order valence-corrected chi connectivity index (χ2v) is 5.73. The zero-order valence-corrected chi connectivity index (χ0v) is 13.0. The monoisotopic (exact) mass is 305 g/mol. The molecule has 1 aliphatic rings. The molecule has 1 heterocycles. The van der Waals surface area contributed by atoms with Gasteiger partial charge in [-0.15, -0.1) is 0 Å². The van der Waals surface area contributed by atoms with E-state index < -0.39 is 0 Å². The molecule has 3 rings (SSSR count). The first-order valence-corrected chi connectivity index (χ1v) is 7.88. The first-order chi connectivity index (χ1) is 11.3. The summed E-state index contributed by atoms with van der Waals surface area (Å²) in [5.74, 6) is -0.137. The van der Waals surface area contributed by atoms with Crippen molar-refractivity contribution in [2.45, 2.75) is 19.3 Å². The minimum Gasteiger partial charge on any atom is -0.372 e. The topological polar surface area (TPSA) is 56.1 Å². The lowest BCUT2D eigenvalue weighted by molar-refractivity contribution is 0.102. The van der Waals surface area contributed by atoms with E-state index in [9.17, 15) is 4.79 Å². The highest BCUT2D eigenvalue weighted by Crippen LogP contribution is 2.22. The Labute approximate surface area is 136 Å². The van der Waals surface area contributed by atoms with Crippen molar-refractivity contribution in [2.24, 2.45) is 0 Å². The largest absolute Gasteiger partial charge is 0.372 e. The number of benzene rings is 2. The van der Waals surface area contributed by atoms with Gasteiger partial charge in [-0.05, 0) is 54.8 Å². The van der Waals surface area contributed by atoms with Gasteiger partial charge < -0.3 is 10.2 Å². The Morgan fingerprint density at radius 1 is 1.04 bits per heavy atom. The first-order valence-electron chi connectivity index (χ1n) is 7.88. The van der Waals surface area contributed by atoms with Gasteiger partial charge in [0.15, 0.2) is 0 Å². The van der Waals surface area contributed by atoms with Gasteiger partial charge in [0.25, 0.3) is 5.91 Å². The van der Waals surface area contributed by atoms with Crippen LogP contribution >= 0.6 is 0 Å². The van der Waals surface area contributed by atoms with E-state index >= 15 is 0 Å². The number of carbonyl (C=O) groups is 1. The number of nitriles is 1. The van der Waals surface area contributed by atoms with Crippen LogP contribution in [0, 0.1) is 11.3 Å². The van der Waals surface area contributed by atoms with Crippen LogP contribution in [0.5, 0.6) is 0 Å². The molecule has 0 spiro atoms. The van der Waals surface area contributed by atoms with Gasteiger partial charge in [0, 0.05) is 30.0 Å². The van der Waals surface area contributed by atoms with E-state index in [0.29, 0.717) is 12.0 Å². The molecular weight excluding hydrogens is 286 g/mol. The van der Waals surface area contributed by atoms with E-state index in [1.54, 1.807) is 12.1 Å². The Morgan fingerprint density at radius 2 is 1.70 bits per heavy atom. The predicted molar refractivity (Wildman–Crippen MR) is 91.6 cm³/mol.